The zero-order chi connectivity index (χ0) is 30.7. The third-order valence-electron chi connectivity index (χ3n) is 9.60. The molecular weight excluding hydrogens is 558 g/mol. The van der Waals surface area contributed by atoms with Crippen molar-refractivity contribution in [3.63, 3.8) is 0 Å². The zero-order valence-electron chi connectivity index (χ0n) is 25.5. The molecule has 0 bridgehead atoms. The normalized spacial score (nSPS) is 15.7. The summed E-state index contributed by atoms with van der Waals surface area (Å²) in [4.78, 5) is 2.29. The van der Waals surface area contributed by atoms with E-state index in [1.54, 1.807) is 0 Å². The molecule has 1 aliphatic heterocycles. The highest BCUT2D eigenvalue weighted by atomic mass is 16.5. The van der Waals surface area contributed by atoms with Crippen molar-refractivity contribution >= 4 is 33.9 Å². The van der Waals surface area contributed by atoms with Gasteiger partial charge in [0.2, 0.25) is 0 Å². The third-order valence-corrected chi connectivity index (χ3v) is 9.60. The van der Waals surface area contributed by atoms with Gasteiger partial charge >= 0.3 is 0 Å². The lowest BCUT2D eigenvalue weighted by atomic mass is 9.82. The SMILES string of the molecule is Cc1c2c(c3cccc4c3c1-c1ccccc1-4)OC(c1ccccc1)(c1ccc(N(c3ccccc3)c3ccccc3)cc1)C=C2. The summed E-state index contributed by atoms with van der Waals surface area (Å²) in [6, 6.07) is 55.9. The Hall–Kier alpha value is -5.86. The van der Waals surface area contributed by atoms with Gasteiger partial charge in [-0.1, -0.05) is 127 Å². The van der Waals surface area contributed by atoms with E-state index in [4.69, 9.17) is 4.74 Å². The summed E-state index contributed by atoms with van der Waals surface area (Å²) in [5, 5.41) is 2.44. The van der Waals surface area contributed by atoms with E-state index in [1.165, 1.54) is 33.2 Å². The molecule has 7 aromatic carbocycles. The van der Waals surface area contributed by atoms with Crippen LogP contribution in [0.15, 0.2) is 164 Å². The second-order valence-corrected chi connectivity index (χ2v) is 12.1. The molecule has 1 unspecified atom stereocenters. The van der Waals surface area contributed by atoms with E-state index in [1.807, 2.05) is 0 Å². The summed E-state index contributed by atoms with van der Waals surface area (Å²) in [6.07, 6.45) is 4.54. The van der Waals surface area contributed by atoms with Crippen LogP contribution in [0.3, 0.4) is 0 Å². The Morgan fingerprint density at radius 1 is 0.500 bits per heavy atom. The van der Waals surface area contributed by atoms with Gasteiger partial charge in [0.15, 0.2) is 5.60 Å². The van der Waals surface area contributed by atoms with E-state index in [9.17, 15) is 0 Å². The first-order chi connectivity index (χ1) is 22.7. The zero-order valence-corrected chi connectivity index (χ0v) is 25.5. The van der Waals surface area contributed by atoms with Crippen LogP contribution in [0.2, 0.25) is 0 Å². The van der Waals surface area contributed by atoms with Crippen LogP contribution in [0.1, 0.15) is 22.3 Å². The summed E-state index contributed by atoms with van der Waals surface area (Å²) in [5.41, 5.74) is 12.3. The number of hydrogen-bond donors (Lipinski definition) is 0. The highest BCUT2D eigenvalue weighted by Gasteiger charge is 2.39. The molecule has 0 amide bonds. The molecule has 0 spiro atoms. The van der Waals surface area contributed by atoms with Crippen LogP contribution in [-0.4, -0.2) is 0 Å². The number of rotatable bonds is 5. The van der Waals surface area contributed by atoms with Crippen LogP contribution in [0.4, 0.5) is 17.1 Å². The Kier molecular flexibility index (Phi) is 5.97. The topological polar surface area (TPSA) is 12.5 Å². The average Bonchev–Trinajstić information content (AvgIpc) is 3.47. The fraction of sp³-hybridized carbons (Fsp3) is 0.0455. The van der Waals surface area contributed by atoms with Gasteiger partial charge in [-0.05, 0) is 77.2 Å². The van der Waals surface area contributed by atoms with E-state index in [0.29, 0.717) is 0 Å². The highest BCUT2D eigenvalue weighted by molar-refractivity contribution is 6.19. The van der Waals surface area contributed by atoms with Crippen molar-refractivity contribution < 1.29 is 4.74 Å². The molecule has 7 aromatic rings. The molecule has 1 aliphatic carbocycles. The minimum Gasteiger partial charge on any atom is -0.472 e. The standard InChI is InChI=1S/C44H31NO/c1-30-36-28-29-44(31-14-5-2-6-15-31,46-43(36)40-23-13-22-39-37-20-11-12-21-38(37)41(30)42(39)40)32-24-26-35(27-25-32)45(33-16-7-3-8-17-33)34-18-9-4-10-19-34/h2-29H,1H3. The molecule has 0 saturated heterocycles. The first kappa shape index (κ1) is 26.5. The first-order valence-corrected chi connectivity index (χ1v) is 15.9. The van der Waals surface area contributed by atoms with Gasteiger partial charge in [0.05, 0.1) is 0 Å². The van der Waals surface area contributed by atoms with Crippen molar-refractivity contribution in [1.29, 1.82) is 0 Å². The smallest absolute Gasteiger partial charge is 0.178 e. The van der Waals surface area contributed by atoms with E-state index >= 15 is 0 Å². The average molecular weight is 590 g/mol. The Labute approximate surface area is 269 Å². The molecule has 2 heteroatoms. The largest absolute Gasteiger partial charge is 0.472 e. The van der Waals surface area contributed by atoms with Crippen molar-refractivity contribution in [2.45, 2.75) is 12.5 Å². The molecule has 2 aliphatic rings. The number of para-hydroxylation sites is 2. The maximum Gasteiger partial charge on any atom is 0.178 e. The van der Waals surface area contributed by atoms with Crippen molar-refractivity contribution in [1.82, 2.24) is 0 Å². The van der Waals surface area contributed by atoms with Crippen LogP contribution in [0, 0.1) is 6.92 Å². The predicted octanol–water partition coefficient (Wildman–Crippen LogP) is 11.6. The summed E-state index contributed by atoms with van der Waals surface area (Å²) < 4.78 is 7.39. The summed E-state index contributed by atoms with van der Waals surface area (Å²) in [6.45, 7) is 2.24. The highest BCUT2D eigenvalue weighted by Crippen LogP contribution is 2.55. The van der Waals surface area contributed by atoms with Gasteiger partial charge in [0.1, 0.15) is 5.75 Å². The lowest BCUT2D eigenvalue weighted by Gasteiger charge is -2.37. The molecule has 0 saturated carbocycles. The van der Waals surface area contributed by atoms with E-state index in [-0.39, 0.29) is 0 Å². The molecule has 218 valence electrons. The number of fused-ring (bicyclic) bond motifs is 5. The van der Waals surface area contributed by atoms with E-state index in [0.717, 1.165) is 44.9 Å². The molecule has 0 aromatic heterocycles. The van der Waals surface area contributed by atoms with Crippen LogP contribution in [0.25, 0.3) is 39.1 Å². The summed E-state index contributed by atoms with van der Waals surface area (Å²) in [7, 11) is 0. The summed E-state index contributed by atoms with van der Waals surface area (Å²) >= 11 is 0. The predicted molar refractivity (Wildman–Crippen MR) is 191 cm³/mol. The molecule has 9 rings (SSSR count). The number of benzene rings is 7. The van der Waals surface area contributed by atoms with Crippen LogP contribution < -0.4 is 9.64 Å². The van der Waals surface area contributed by atoms with Gasteiger partial charge in [-0.25, -0.2) is 0 Å². The number of hydrogen-bond acceptors (Lipinski definition) is 2. The first-order valence-electron chi connectivity index (χ1n) is 15.9. The monoisotopic (exact) mass is 589 g/mol. The third kappa shape index (κ3) is 3.90. The van der Waals surface area contributed by atoms with Gasteiger partial charge in [-0.2, -0.15) is 0 Å². The second-order valence-electron chi connectivity index (χ2n) is 12.1. The molecule has 46 heavy (non-hydrogen) atoms. The molecular formula is C44H31NO. The molecule has 0 N–H and O–H groups in total. The van der Waals surface area contributed by atoms with Crippen LogP contribution in [-0.2, 0) is 5.60 Å². The molecule has 1 heterocycles. The maximum absolute atomic E-state index is 7.39. The summed E-state index contributed by atoms with van der Waals surface area (Å²) in [5.74, 6) is 0.941. The Morgan fingerprint density at radius 2 is 1.04 bits per heavy atom. The minimum atomic E-state index is -0.797. The van der Waals surface area contributed by atoms with Gasteiger partial charge in [0, 0.05) is 44.5 Å². The number of anilines is 3. The van der Waals surface area contributed by atoms with Crippen molar-refractivity contribution in [3.8, 4) is 28.0 Å². The fourth-order valence-electron chi connectivity index (χ4n) is 7.47. The van der Waals surface area contributed by atoms with Crippen LogP contribution in [0.5, 0.6) is 5.75 Å². The quantitative estimate of drug-likeness (QED) is 0.198. The van der Waals surface area contributed by atoms with E-state index in [2.05, 4.69) is 182 Å². The molecule has 0 radical (unpaired) electrons. The Bertz CT molecular complexity index is 2230. The Morgan fingerprint density at radius 3 is 1.72 bits per heavy atom. The van der Waals surface area contributed by atoms with Crippen LogP contribution >= 0.6 is 0 Å². The minimum absolute atomic E-state index is 0.797. The van der Waals surface area contributed by atoms with Crippen molar-refractivity contribution in [2.24, 2.45) is 0 Å². The van der Waals surface area contributed by atoms with Crippen molar-refractivity contribution in [3.05, 3.63) is 186 Å². The molecule has 1 atom stereocenters. The van der Waals surface area contributed by atoms with E-state index < -0.39 is 5.60 Å². The van der Waals surface area contributed by atoms with Gasteiger partial charge in [-0.15, -0.1) is 0 Å². The Balaban J connectivity index is 1.22. The van der Waals surface area contributed by atoms with Crippen molar-refractivity contribution in [2.75, 3.05) is 4.90 Å². The number of nitrogens with zero attached hydrogens (tertiary/aromatic N) is 1. The maximum atomic E-state index is 7.39. The lowest BCUT2D eigenvalue weighted by molar-refractivity contribution is 0.163. The lowest BCUT2D eigenvalue weighted by Crippen LogP contribution is -2.34. The molecule has 0 fully saturated rings. The number of ether oxygens (including phenoxy) is 1. The fourth-order valence-corrected chi connectivity index (χ4v) is 7.47. The van der Waals surface area contributed by atoms with Gasteiger partial charge in [0.25, 0.3) is 0 Å². The van der Waals surface area contributed by atoms with Gasteiger partial charge in [-0.3, -0.25) is 0 Å². The van der Waals surface area contributed by atoms with Gasteiger partial charge < -0.3 is 9.64 Å². The second kappa shape index (κ2) is 10.4. The molecule has 2 nitrogen and oxygen atoms in total.